The Labute approximate surface area is 83.3 Å². The van der Waals surface area contributed by atoms with Crippen LogP contribution >= 0.6 is 0 Å². The van der Waals surface area contributed by atoms with E-state index in [2.05, 4.69) is 5.32 Å². The van der Waals surface area contributed by atoms with Crippen LogP contribution in [0.15, 0.2) is 18.2 Å². The largest absolute Gasteiger partial charge is 0.497 e. The number of nitrogens with one attached hydrogen (secondary N) is 1. The summed E-state index contributed by atoms with van der Waals surface area (Å²) < 4.78 is 5.03. The lowest BCUT2D eigenvalue weighted by Crippen LogP contribution is -2.18. The highest BCUT2D eigenvalue weighted by Crippen LogP contribution is 2.11. The lowest BCUT2D eigenvalue weighted by Gasteiger charge is -2.08. The molecule has 74 valence electrons. The number of rotatable bonds is 4. The number of methoxy groups -OCH3 is 1. The Balaban J connectivity index is 2.73. The maximum Gasteiger partial charge on any atom is 0.322 e. The van der Waals surface area contributed by atoms with Crippen molar-refractivity contribution in [1.29, 1.82) is 0 Å². The van der Waals surface area contributed by atoms with E-state index < -0.39 is 5.97 Å². The first-order valence-corrected chi connectivity index (χ1v) is 4.24. The van der Waals surface area contributed by atoms with Crippen molar-refractivity contribution >= 4 is 25.0 Å². The first kappa shape index (κ1) is 10.4. The molecule has 0 atom stereocenters. The fraction of sp³-hybridized carbons (Fsp3) is 0.222. The number of carboxylic acid groups (broad SMARTS) is 1. The zero-order valence-corrected chi connectivity index (χ0v) is 8.20. The molecule has 0 saturated carbocycles. The molecule has 0 amide bonds. The molecule has 0 saturated heterocycles. The fourth-order valence-electron chi connectivity index (χ4n) is 1.13. The van der Waals surface area contributed by atoms with Gasteiger partial charge in [0, 0.05) is 5.69 Å². The Morgan fingerprint density at radius 2 is 2.36 bits per heavy atom. The van der Waals surface area contributed by atoms with Crippen molar-refractivity contribution in [2.24, 2.45) is 0 Å². The molecule has 0 aliphatic carbocycles. The first-order chi connectivity index (χ1) is 6.63. The van der Waals surface area contributed by atoms with Crippen LogP contribution in [0.4, 0.5) is 5.69 Å². The Hall–Kier alpha value is -1.65. The van der Waals surface area contributed by atoms with Crippen molar-refractivity contribution in [3.05, 3.63) is 18.2 Å². The molecular formula is C9H12BNO3. The molecule has 1 rings (SSSR count). The minimum absolute atomic E-state index is 0.0762. The van der Waals surface area contributed by atoms with Crippen molar-refractivity contribution in [2.45, 2.75) is 0 Å². The molecule has 5 heteroatoms. The number of hydrogen-bond donors (Lipinski definition) is 2. The maximum atomic E-state index is 10.3. The number of hydrogen-bond acceptors (Lipinski definition) is 3. The van der Waals surface area contributed by atoms with Crippen LogP contribution in [0.3, 0.4) is 0 Å². The second-order valence-electron chi connectivity index (χ2n) is 2.93. The van der Waals surface area contributed by atoms with Gasteiger partial charge in [-0.25, -0.2) is 0 Å². The minimum atomic E-state index is -0.875. The molecule has 0 heterocycles. The number of carbonyl (C=O) groups is 1. The summed E-state index contributed by atoms with van der Waals surface area (Å²) in [7, 11) is 3.49. The van der Waals surface area contributed by atoms with Crippen molar-refractivity contribution in [1.82, 2.24) is 0 Å². The standard InChI is InChI=1S/C9H12BNO3/c1-14-6-2-3-8(7(10)4-6)11-5-9(12)13/h2-4,11H,5,10H2,1H3,(H,12,13). The van der Waals surface area contributed by atoms with E-state index in [0.29, 0.717) is 0 Å². The quantitative estimate of drug-likeness (QED) is 0.630. The molecule has 1 aromatic carbocycles. The highest BCUT2D eigenvalue weighted by molar-refractivity contribution is 6.36. The average Bonchev–Trinajstić information content (AvgIpc) is 2.15. The van der Waals surface area contributed by atoms with Gasteiger partial charge >= 0.3 is 5.97 Å². The van der Waals surface area contributed by atoms with Gasteiger partial charge < -0.3 is 15.2 Å². The molecule has 4 nitrogen and oxygen atoms in total. The predicted octanol–water partition coefficient (Wildman–Crippen LogP) is -0.550. The summed E-state index contributed by atoms with van der Waals surface area (Å²) in [5.41, 5.74) is 1.78. The van der Waals surface area contributed by atoms with Crippen LogP contribution in [0.1, 0.15) is 0 Å². The van der Waals surface area contributed by atoms with E-state index in [9.17, 15) is 4.79 Å². The molecule has 0 unspecified atom stereocenters. The summed E-state index contributed by atoms with van der Waals surface area (Å²) in [5.74, 6) is -0.108. The third-order valence-corrected chi connectivity index (χ3v) is 1.86. The molecule has 0 bridgehead atoms. The van der Waals surface area contributed by atoms with Crippen LogP contribution in [0.2, 0.25) is 0 Å². The van der Waals surface area contributed by atoms with Gasteiger partial charge in [-0.1, -0.05) is 5.46 Å². The molecule has 0 radical (unpaired) electrons. The van der Waals surface area contributed by atoms with Crippen molar-refractivity contribution in [3.63, 3.8) is 0 Å². The Morgan fingerprint density at radius 1 is 1.64 bits per heavy atom. The van der Waals surface area contributed by atoms with Crippen LogP contribution in [0.5, 0.6) is 5.75 Å². The van der Waals surface area contributed by atoms with E-state index in [1.54, 1.807) is 19.2 Å². The van der Waals surface area contributed by atoms with Gasteiger partial charge in [-0.2, -0.15) is 0 Å². The van der Waals surface area contributed by atoms with Gasteiger partial charge in [-0.05, 0) is 18.2 Å². The molecule has 0 fully saturated rings. The van der Waals surface area contributed by atoms with E-state index in [-0.39, 0.29) is 6.54 Å². The molecule has 0 aromatic heterocycles. The molecule has 0 spiro atoms. The molecule has 14 heavy (non-hydrogen) atoms. The normalized spacial score (nSPS) is 9.50. The van der Waals surface area contributed by atoms with E-state index in [4.69, 9.17) is 9.84 Å². The summed E-state index contributed by atoms with van der Waals surface area (Å²) in [6.07, 6.45) is 0. The first-order valence-electron chi connectivity index (χ1n) is 4.24. The SMILES string of the molecule is Bc1cc(OC)ccc1NCC(=O)O. The van der Waals surface area contributed by atoms with E-state index in [0.717, 1.165) is 16.9 Å². The molecule has 2 N–H and O–H groups in total. The Morgan fingerprint density at radius 3 is 2.86 bits per heavy atom. The Kier molecular flexibility index (Phi) is 3.39. The van der Waals surface area contributed by atoms with Gasteiger partial charge in [-0.15, -0.1) is 0 Å². The molecular weight excluding hydrogens is 181 g/mol. The van der Waals surface area contributed by atoms with E-state index in [1.807, 2.05) is 13.9 Å². The van der Waals surface area contributed by atoms with Gasteiger partial charge in [-0.3, -0.25) is 4.79 Å². The minimum Gasteiger partial charge on any atom is -0.497 e. The van der Waals surface area contributed by atoms with Crippen molar-refractivity contribution in [2.75, 3.05) is 19.0 Å². The fourth-order valence-corrected chi connectivity index (χ4v) is 1.13. The summed E-state index contributed by atoms with van der Waals surface area (Å²) in [6.45, 7) is -0.0762. The molecule has 0 aliphatic heterocycles. The average molecular weight is 193 g/mol. The summed E-state index contributed by atoms with van der Waals surface area (Å²) in [6, 6.07) is 5.44. The highest BCUT2D eigenvalue weighted by atomic mass is 16.5. The summed E-state index contributed by atoms with van der Waals surface area (Å²) in [5, 5.41) is 11.3. The number of benzene rings is 1. The van der Waals surface area contributed by atoms with Crippen LogP contribution in [-0.4, -0.2) is 32.6 Å². The second kappa shape index (κ2) is 4.55. The van der Waals surface area contributed by atoms with Crippen LogP contribution in [0, 0.1) is 0 Å². The van der Waals surface area contributed by atoms with Crippen molar-refractivity contribution in [3.8, 4) is 5.75 Å². The van der Waals surface area contributed by atoms with Gasteiger partial charge in [0.05, 0.1) is 7.11 Å². The zero-order valence-electron chi connectivity index (χ0n) is 8.20. The molecule has 0 aliphatic rings. The summed E-state index contributed by atoms with van der Waals surface area (Å²) >= 11 is 0. The third-order valence-electron chi connectivity index (χ3n) is 1.86. The zero-order chi connectivity index (χ0) is 10.6. The lowest BCUT2D eigenvalue weighted by molar-refractivity contribution is -0.134. The van der Waals surface area contributed by atoms with Crippen LogP contribution in [0.25, 0.3) is 0 Å². The summed E-state index contributed by atoms with van der Waals surface area (Å²) in [4.78, 5) is 10.3. The number of carboxylic acids is 1. The number of aliphatic carboxylic acids is 1. The van der Waals surface area contributed by atoms with Gasteiger partial charge in [0.1, 0.15) is 20.1 Å². The number of ether oxygens (including phenoxy) is 1. The monoisotopic (exact) mass is 193 g/mol. The van der Waals surface area contributed by atoms with Gasteiger partial charge in [0.2, 0.25) is 0 Å². The smallest absolute Gasteiger partial charge is 0.322 e. The van der Waals surface area contributed by atoms with Crippen LogP contribution in [-0.2, 0) is 4.79 Å². The lowest BCUT2D eigenvalue weighted by atomic mass is 9.94. The van der Waals surface area contributed by atoms with Gasteiger partial charge in [0.15, 0.2) is 0 Å². The van der Waals surface area contributed by atoms with E-state index >= 15 is 0 Å². The molecule has 1 aromatic rings. The predicted molar refractivity (Wildman–Crippen MR) is 57.3 cm³/mol. The Bertz CT molecular complexity index is 341. The topological polar surface area (TPSA) is 58.6 Å². The second-order valence-corrected chi connectivity index (χ2v) is 2.93. The van der Waals surface area contributed by atoms with Gasteiger partial charge in [0.25, 0.3) is 0 Å². The van der Waals surface area contributed by atoms with Crippen LogP contribution < -0.4 is 15.5 Å². The van der Waals surface area contributed by atoms with Crippen molar-refractivity contribution < 1.29 is 14.6 Å². The maximum absolute atomic E-state index is 10.3. The van der Waals surface area contributed by atoms with E-state index in [1.165, 1.54) is 0 Å². The highest BCUT2D eigenvalue weighted by Gasteiger charge is 2.01. The third kappa shape index (κ3) is 2.69. The number of anilines is 1.